The number of methoxy groups -OCH3 is 1. The molecule has 0 unspecified atom stereocenters. The summed E-state index contributed by atoms with van der Waals surface area (Å²) in [6, 6.07) is 5.67. The molecule has 0 atom stereocenters. The summed E-state index contributed by atoms with van der Waals surface area (Å²) in [5, 5.41) is 11.8. The number of benzene rings is 1. The van der Waals surface area contributed by atoms with Crippen molar-refractivity contribution in [1.29, 1.82) is 0 Å². The highest BCUT2D eigenvalue weighted by Crippen LogP contribution is 2.25. The third-order valence-corrected chi connectivity index (χ3v) is 3.16. The first-order chi connectivity index (χ1) is 9.31. The van der Waals surface area contributed by atoms with Crippen LogP contribution in [0, 0.1) is 0 Å². The molecule has 0 radical (unpaired) electrons. The molecule has 0 saturated carbocycles. The summed E-state index contributed by atoms with van der Waals surface area (Å²) in [7, 11) is 1.65. The predicted molar refractivity (Wildman–Crippen MR) is 74.3 cm³/mol. The first-order valence-electron chi connectivity index (χ1n) is 6.17. The molecule has 0 aliphatic rings. The molecule has 0 aliphatic heterocycles. The van der Waals surface area contributed by atoms with Crippen LogP contribution in [0.5, 0.6) is 5.75 Å². The normalized spacial score (nSPS) is 10.6. The Morgan fingerprint density at radius 2 is 2.32 bits per heavy atom. The molecule has 0 bridgehead atoms. The Hall–Kier alpha value is -1.59. The van der Waals surface area contributed by atoms with Crippen LogP contribution in [0.2, 0.25) is 5.02 Å². The van der Waals surface area contributed by atoms with Gasteiger partial charge in [0, 0.05) is 29.9 Å². The van der Waals surface area contributed by atoms with Crippen LogP contribution in [-0.4, -0.2) is 28.6 Å². The van der Waals surface area contributed by atoms with E-state index in [0.29, 0.717) is 6.54 Å². The topological polar surface area (TPSA) is 52.0 Å². The highest BCUT2D eigenvalue weighted by molar-refractivity contribution is 6.31. The Kier molecular flexibility index (Phi) is 5.18. The second-order valence-corrected chi connectivity index (χ2v) is 4.52. The highest BCUT2D eigenvalue weighted by Gasteiger charge is 2.06. The van der Waals surface area contributed by atoms with Gasteiger partial charge in [-0.15, -0.1) is 5.10 Å². The van der Waals surface area contributed by atoms with E-state index in [2.05, 4.69) is 15.6 Å². The van der Waals surface area contributed by atoms with Crippen molar-refractivity contribution in [3.8, 4) is 5.75 Å². The summed E-state index contributed by atoms with van der Waals surface area (Å²) in [4.78, 5) is 0. The van der Waals surface area contributed by atoms with E-state index in [4.69, 9.17) is 16.3 Å². The van der Waals surface area contributed by atoms with Crippen LogP contribution in [0.15, 0.2) is 30.6 Å². The molecule has 1 aromatic carbocycles. The molecule has 102 valence electrons. The fourth-order valence-electron chi connectivity index (χ4n) is 1.83. The van der Waals surface area contributed by atoms with Crippen molar-refractivity contribution in [1.82, 2.24) is 20.3 Å². The van der Waals surface area contributed by atoms with Gasteiger partial charge in [0.2, 0.25) is 0 Å². The first-order valence-corrected chi connectivity index (χ1v) is 6.55. The van der Waals surface area contributed by atoms with Gasteiger partial charge in [-0.25, -0.2) is 0 Å². The van der Waals surface area contributed by atoms with E-state index < -0.39 is 0 Å². The molecule has 0 spiro atoms. The third-order valence-electron chi connectivity index (χ3n) is 2.81. The molecular formula is C13H17ClN4O. The van der Waals surface area contributed by atoms with E-state index in [0.717, 1.165) is 35.8 Å². The molecule has 6 heteroatoms. The third kappa shape index (κ3) is 3.94. The SMILES string of the molecule is COc1cccc(Cl)c1CNCCCn1ccnn1. The fraction of sp³-hybridized carbons (Fsp3) is 0.385. The van der Waals surface area contributed by atoms with Crippen LogP contribution in [0.25, 0.3) is 0 Å². The van der Waals surface area contributed by atoms with Crippen LogP contribution in [0.1, 0.15) is 12.0 Å². The zero-order chi connectivity index (χ0) is 13.5. The largest absolute Gasteiger partial charge is 0.496 e. The average molecular weight is 281 g/mol. The maximum Gasteiger partial charge on any atom is 0.124 e. The van der Waals surface area contributed by atoms with Crippen LogP contribution in [-0.2, 0) is 13.1 Å². The van der Waals surface area contributed by atoms with Gasteiger partial charge in [0.25, 0.3) is 0 Å². The number of nitrogens with zero attached hydrogens (tertiary/aromatic N) is 3. The number of hydrogen-bond acceptors (Lipinski definition) is 4. The minimum Gasteiger partial charge on any atom is -0.496 e. The summed E-state index contributed by atoms with van der Waals surface area (Å²) in [6.07, 6.45) is 4.52. The highest BCUT2D eigenvalue weighted by atomic mass is 35.5. The van der Waals surface area contributed by atoms with Crippen LogP contribution in [0.3, 0.4) is 0 Å². The fourth-order valence-corrected chi connectivity index (χ4v) is 2.07. The van der Waals surface area contributed by atoms with Crippen molar-refractivity contribution < 1.29 is 4.74 Å². The maximum absolute atomic E-state index is 6.16. The molecule has 0 amide bonds. The van der Waals surface area contributed by atoms with E-state index in [-0.39, 0.29) is 0 Å². The van der Waals surface area contributed by atoms with Gasteiger partial charge in [-0.05, 0) is 25.1 Å². The summed E-state index contributed by atoms with van der Waals surface area (Å²) in [5.41, 5.74) is 0.993. The summed E-state index contributed by atoms with van der Waals surface area (Å²) < 4.78 is 7.11. The Bertz CT molecular complexity index is 501. The number of ether oxygens (including phenoxy) is 1. The van der Waals surface area contributed by atoms with Gasteiger partial charge in [-0.1, -0.05) is 22.9 Å². The monoisotopic (exact) mass is 280 g/mol. The van der Waals surface area contributed by atoms with Gasteiger partial charge < -0.3 is 10.1 Å². The molecule has 2 aromatic rings. The molecule has 0 aliphatic carbocycles. The number of nitrogens with one attached hydrogen (secondary N) is 1. The molecule has 5 nitrogen and oxygen atoms in total. The zero-order valence-electron chi connectivity index (χ0n) is 10.8. The number of aryl methyl sites for hydroxylation is 1. The van der Waals surface area contributed by atoms with Crippen molar-refractivity contribution in [3.05, 3.63) is 41.2 Å². The second-order valence-electron chi connectivity index (χ2n) is 4.12. The summed E-state index contributed by atoms with van der Waals surface area (Å²) >= 11 is 6.16. The molecule has 19 heavy (non-hydrogen) atoms. The van der Waals surface area contributed by atoms with Crippen LogP contribution in [0.4, 0.5) is 0 Å². The molecule has 0 saturated heterocycles. The predicted octanol–water partition coefficient (Wildman–Crippen LogP) is 2.12. The Balaban J connectivity index is 1.76. The van der Waals surface area contributed by atoms with Gasteiger partial charge in [-0.3, -0.25) is 4.68 Å². The van der Waals surface area contributed by atoms with Crippen molar-refractivity contribution in [2.45, 2.75) is 19.5 Å². The van der Waals surface area contributed by atoms with E-state index >= 15 is 0 Å². The minimum atomic E-state index is 0.695. The van der Waals surface area contributed by atoms with Gasteiger partial charge in [-0.2, -0.15) is 0 Å². The van der Waals surface area contributed by atoms with Crippen LogP contribution >= 0.6 is 11.6 Å². The number of rotatable bonds is 7. The Morgan fingerprint density at radius 3 is 3.05 bits per heavy atom. The lowest BCUT2D eigenvalue weighted by Crippen LogP contribution is -2.17. The van der Waals surface area contributed by atoms with Crippen molar-refractivity contribution in [2.24, 2.45) is 0 Å². The molecule has 2 rings (SSSR count). The molecule has 1 aromatic heterocycles. The number of aromatic nitrogens is 3. The lowest BCUT2D eigenvalue weighted by atomic mass is 10.2. The van der Waals surface area contributed by atoms with E-state index in [1.54, 1.807) is 13.3 Å². The van der Waals surface area contributed by atoms with E-state index in [1.165, 1.54) is 0 Å². The minimum absolute atomic E-state index is 0.695. The van der Waals surface area contributed by atoms with E-state index in [1.807, 2.05) is 29.1 Å². The first kappa shape index (κ1) is 13.8. The smallest absolute Gasteiger partial charge is 0.124 e. The van der Waals surface area contributed by atoms with Crippen LogP contribution < -0.4 is 10.1 Å². The second kappa shape index (κ2) is 7.11. The number of hydrogen-bond donors (Lipinski definition) is 1. The lowest BCUT2D eigenvalue weighted by molar-refractivity contribution is 0.407. The van der Waals surface area contributed by atoms with Gasteiger partial charge >= 0.3 is 0 Å². The zero-order valence-corrected chi connectivity index (χ0v) is 11.6. The van der Waals surface area contributed by atoms with Gasteiger partial charge in [0.15, 0.2) is 0 Å². The summed E-state index contributed by atoms with van der Waals surface area (Å²) in [6.45, 7) is 2.43. The Labute approximate surface area is 117 Å². The average Bonchev–Trinajstić information content (AvgIpc) is 2.93. The van der Waals surface area contributed by atoms with Crippen molar-refractivity contribution in [3.63, 3.8) is 0 Å². The van der Waals surface area contributed by atoms with Gasteiger partial charge in [0.1, 0.15) is 5.75 Å². The van der Waals surface area contributed by atoms with Crippen molar-refractivity contribution >= 4 is 11.6 Å². The Morgan fingerprint density at radius 1 is 1.42 bits per heavy atom. The summed E-state index contributed by atoms with van der Waals surface area (Å²) in [5.74, 6) is 0.816. The standard InChI is InChI=1S/C13H17ClN4O/c1-19-13-5-2-4-12(14)11(13)10-15-6-3-8-18-9-7-16-17-18/h2,4-5,7,9,15H,3,6,8,10H2,1H3. The molecule has 1 N–H and O–H groups in total. The quantitative estimate of drug-likeness (QED) is 0.790. The van der Waals surface area contributed by atoms with Gasteiger partial charge in [0.05, 0.1) is 13.3 Å². The lowest BCUT2D eigenvalue weighted by Gasteiger charge is -2.11. The number of halogens is 1. The van der Waals surface area contributed by atoms with E-state index in [9.17, 15) is 0 Å². The van der Waals surface area contributed by atoms with Crippen molar-refractivity contribution in [2.75, 3.05) is 13.7 Å². The maximum atomic E-state index is 6.16. The molecular weight excluding hydrogens is 264 g/mol. The molecule has 1 heterocycles. The molecule has 0 fully saturated rings.